The number of anilines is 1. The predicted octanol–water partition coefficient (Wildman–Crippen LogP) is 3.58. The maximum absolute atomic E-state index is 13.6. The van der Waals surface area contributed by atoms with Crippen LogP contribution in [0, 0.1) is 5.82 Å². The van der Waals surface area contributed by atoms with Gasteiger partial charge < -0.3 is 15.0 Å². The molecule has 1 rings (SSSR count). The van der Waals surface area contributed by atoms with Gasteiger partial charge in [0, 0.05) is 37.5 Å². The van der Waals surface area contributed by atoms with Crippen LogP contribution in [0.4, 0.5) is 10.1 Å². The van der Waals surface area contributed by atoms with Crippen molar-refractivity contribution in [3.05, 3.63) is 29.6 Å². The average molecular weight is 296 g/mol. The molecule has 0 radical (unpaired) electrons. The molecule has 1 N–H and O–H groups in total. The van der Waals surface area contributed by atoms with Crippen molar-refractivity contribution in [1.29, 1.82) is 0 Å². The van der Waals surface area contributed by atoms with Crippen molar-refractivity contribution in [3.8, 4) is 0 Å². The van der Waals surface area contributed by atoms with Gasteiger partial charge in [0.25, 0.3) is 0 Å². The molecule has 0 spiro atoms. The van der Waals surface area contributed by atoms with E-state index in [1.54, 1.807) is 13.2 Å². The van der Waals surface area contributed by atoms with E-state index < -0.39 is 0 Å². The third-order valence-electron chi connectivity index (χ3n) is 3.32. The minimum absolute atomic E-state index is 0.00121. The van der Waals surface area contributed by atoms with Crippen LogP contribution in [0.2, 0.25) is 0 Å². The van der Waals surface area contributed by atoms with Crippen LogP contribution >= 0.6 is 0 Å². The number of ether oxygens (including phenoxy) is 1. The zero-order valence-electron chi connectivity index (χ0n) is 14.2. The van der Waals surface area contributed by atoms with Crippen LogP contribution in [0.25, 0.3) is 0 Å². The van der Waals surface area contributed by atoms with Gasteiger partial charge in [-0.1, -0.05) is 0 Å². The van der Waals surface area contributed by atoms with Crippen LogP contribution < -0.4 is 10.2 Å². The molecule has 0 bridgehead atoms. The first-order valence-corrected chi connectivity index (χ1v) is 7.53. The van der Waals surface area contributed by atoms with Gasteiger partial charge in [-0.15, -0.1) is 0 Å². The van der Waals surface area contributed by atoms with Gasteiger partial charge in [-0.05, 0) is 58.4 Å². The van der Waals surface area contributed by atoms with Crippen LogP contribution in [0.5, 0.6) is 0 Å². The summed E-state index contributed by atoms with van der Waals surface area (Å²) in [5, 5.41) is 3.43. The third kappa shape index (κ3) is 6.02. The molecule has 0 saturated carbocycles. The van der Waals surface area contributed by atoms with Crippen LogP contribution in [0.15, 0.2) is 18.2 Å². The monoisotopic (exact) mass is 296 g/mol. The minimum Gasteiger partial charge on any atom is -0.383 e. The molecule has 0 aliphatic heterocycles. The van der Waals surface area contributed by atoms with Gasteiger partial charge in [0.15, 0.2) is 0 Å². The minimum atomic E-state index is -0.195. The second kappa shape index (κ2) is 7.76. The number of methoxy groups -OCH3 is 1. The molecule has 0 heterocycles. The highest BCUT2D eigenvalue weighted by Gasteiger charge is 2.17. The van der Waals surface area contributed by atoms with Gasteiger partial charge in [-0.25, -0.2) is 4.39 Å². The number of rotatable bonds is 7. The molecule has 0 saturated heterocycles. The Labute approximate surface area is 128 Å². The predicted molar refractivity (Wildman–Crippen MR) is 87.4 cm³/mol. The fraction of sp³-hybridized carbons (Fsp3) is 0.647. The Morgan fingerprint density at radius 1 is 1.29 bits per heavy atom. The number of nitrogens with zero attached hydrogens (tertiary/aromatic N) is 1. The van der Waals surface area contributed by atoms with Crippen molar-refractivity contribution in [2.45, 2.75) is 52.7 Å². The molecule has 0 atom stereocenters. The van der Waals surface area contributed by atoms with E-state index in [4.69, 9.17) is 4.74 Å². The van der Waals surface area contributed by atoms with E-state index in [9.17, 15) is 4.39 Å². The molecular weight excluding hydrogens is 267 g/mol. The maximum Gasteiger partial charge on any atom is 0.123 e. The molecule has 4 heteroatoms. The van der Waals surface area contributed by atoms with Crippen LogP contribution in [-0.2, 0) is 11.3 Å². The quantitative estimate of drug-likeness (QED) is 0.832. The van der Waals surface area contributed by atoms with Crippen molar-refractivity contribution in [3.63, 3.8) is 0 Å². The Morgan fingerprint density at radius 2 is 1.95 bits per heavy atom. The molecule has 0 aliphatic carbocycles. The lowest BCUT2D eigenvalue weighted by atomic mass is 10.1. The van der Waals surface area contributed by atoms with Crippen molar-refractivity contribution in [1.82, 2.24) is 5.32 Å². The Morgan fingerprint density at radius 3 is 2.48 bits per heavy atom. The van der Waals surface area contributed by atoms with Gasteiger partial charge in [-0.3, -0.25) is 0 Å². The normalized spacial score (nSPS) is 12.0. The number of hydrogen-bond acceptors (Lipinski definition) is 3. The van der Waals surface area contributed by atoms with Crippen molar-refractivity contribution in [2.24, 2.45) is 0 Å². The van der Waals surface area contributed by atoms with Gasteiger partial charge in [0.1, 0.15) is 5.82 Å². The molecule has 0 unspecified atom stereocenters. The second-order valence-corrected chi connectivity index (χ2v) is 6.66. The summed E-state index contributed by atoms with van der Waals surface area (Å²) in [7, 11) is 1.70. The fourth-order valence-electron chi connectivity index (χ4n) is 2.18. The zero-order valence-corrected chi connectivity index (χ0v) is 14.2. The van der Waals surface area contributed by atoms with Crippen LogP contribution in [0.1, 0.15) is 40.2 Å². The number of hydrogen-bond donors (Lipinski definition) is 1. The summed E-state index contributed by atoms with van der Waals surface area (Å²) in [5.74, 6) is -0.195. The van der Waals surface area contributed by atoms with Crippen LogP contribution in [0.3, 0.4) is 0 Å². The Hall–Kier alpha value is -1.13. The molecule has 0 aromatic heterocycles. The summed E-state index contributed by atoms with van der Waals surface area (Å²) >= 11 is 0. The first-order chi connectivity index (χ1) is 9.74. The summed E-state index contributed by atoms with van der Waals surface area (Å²) in [6, 6.07) is 5.35. The van der Waals surface area contributed by atoms with Crippen molar-refractivity contribution in [2.75, 3.05) is 25.2 Å². The summed E-state index contributed by atoms with van der Waals surface area (Å²) in [6.45, 7) is 12.7. The lowest BCUT2D eigenvalue weighted by molar-refractivity contribution is 0.203. The molecule has 3 nitrogen and oxygen atoms in total. The number of nitrogens with one attached hydrogen (secondary N) is 1. The second-order valence-electron chi connectivity index (χ2n) is 6.66. The van der Waals surface area contributed by atoms with Crippen molar-refractivity contribution >= 4 is 5.69 Å². The first kappa shape index (κ1) is 17.9. The van der Waals surface area contributed by atoms with E-state index in [1.807, 2.05) is 6.07 Å². The summed E-state index contributed by atoms with van der Waals surface area (Å²) in [5.41, 5.74) is 2.05. The highest BCUT2D eigenvalue weighted by atomic mass is 19.1. The van der Waals surface area contributed by atoms with E-state index in [2.05, 4.69) is 44.8 Å². The van der Waals surface area contributed by atoms with E-state index in [0.717, 1.165) is 17.8 Å². The molecule has 1 aromatic rings. The lowest BCUT2D eigenvalue weighted by Crippen LogP contribution is -2.37. The van der Waals surface area contributed by atoms with Gasteiger partial charge in [0.2, 0.25) is 0 Å². The Kier molecular flexibility index (Phi) is 6.62. The molecule has 1 aromatic carbocycles. The average Bonchev–Trinajstić information content (AvgIpc) is 2.37. The molecule has 21 heavy (non-hydrogen) atoms. The standard InChI is InChI=1S/C17H29FN2O/c1-13(2)20(9-10-21-6)16-8-7-15(18)11-14(16)12-19-17(3,4)5/h7-8,11,13,19H,9-10,12H2,1-6H3. The van der Waals surface area contributed by atoms with Gasteiger partial charge >= 0.3 is 0 Å². The highest BCUT2D eigenvalue weighted by molar-refractivity contribution is 5.54. The number of halogens is 1. The maximum atomic E-state index is 13.6. The van der Waals surface area contributed by atoms with E-state index >= 15 is 0 Å². The fourth-order valence-corrected chi connectivity index (χ4v) is 2.18. The first-order valence-electron chi connectivity index (χ1n) is 7.53. The topological polar surface area (TPSA) is 24.5 Å². The van der Waals surface area contributed by atoms with Gasteiger partial charge in [-0.2, -0.15) is 0 Å². The molecule has 0 fully saturated rings. The van der Waals surface area contributed by atoms with E-state index in [0.29, 0.717) is 19.2 Å². The number of benzene rings is 1. The molecule has 0 aliphatic rings. The highest BCUT2D eigenvalue weighted by Crippen LogP contribution is 2.24. The molecule has 0 amide bonds. The van der Waals surface area contributed by atoms with Crippen LogP contribution in [-0.4, -0.2) is 31.8 Å². The third-order valence-corrected chi connectivity index (χ3v) is 3.32. The SMILES string of the molecule is COCCN(c1ccc(F)cc1CNC(C)(C)C)C(C)C. The Balaban J connectivity index is 3.02. The zero-order chi connectivity index (χ0) is 16.0. The summed E-state index contributed by atoms with van der Waals surface area (Å²) in [4.78, 5) is 2.25. The molecular formula is C17H29FN2O. The van der Waals surface area contributed by atoms with E-state index in [1.165, 1.54) is 6.07 Å². The summed E-state index contributed by atoms with van der Waals surface area (Å²) in [6.07, 6.45) is 0. The van der Waals surface area contributed by atoms with Crippen molar-refractivity contribution < 1.29 is 9.13 Å². The van der Waals surface area contributed by atoms with E-state index in [-0.39, 0.29) is 11.4 Å². The summed E-state index contributed by atoms with van der Waals surface area (Å²) < 4.78 is 18.8. The van der Waals surface area contributed by atoms with Gasteiger partial charge in [0.05, 0.1) is 6.61 Å². The Bertz CT molecular complexity index is 441. The largest absolute Gasteiger partial charge is 0.383 e. The molecule has 120 valence electrons. The lowest BCUT2D eigenvalue weighted by Gasteiger charge is -2.31. The smallest absolute Gasteiger partial charge is 0.123 e.